The maximum Gasteiger partial charge on any atom is 0.0640 e. The molecule has 45 heavy (non-hydrogen) atoms. The summed E-state index contributed by atoms with van der Waals surface area (Å²) in [4.78, 5) is 2.54. The Morgan fingerprint density at radius 2 is 1.11 bits per heavy atom. The van der Waals surface area contributed by atoms with Crippen molar-refractivity contribution in [1.29, 1.82) is 0 Å². The molecule has 1 aromatic heterocycles. The summed E-state index contributed by atoms with van der Waals surface area (Å²) in [5.41, 5.74) is 11.9. The van der Waals surface area contributed by atoms with Crippen LogP contribution in [-0.2, 0) is 5.41 Å². The molecule has 8 aromatic rings. The quantitative estimate of drug-likeness (QED) is 0.197. The molecule has 0 aliphatic heterocycles. The molecule has 0 amide bonds. The van der Waals surface area contributed by atoms with Crippen LogP contribution in [0.2, 0.25) is 0 Å². The Labute approximate surface area is 266 Å². The predicted octanol–water partition coefficient (Wildman–Crippen LogP) is 12.4. The average Bonchev–Trinajstić information content (AvgIpc) is 3.81. The Morgan fingerprint density at radius 1 is 0.444 bits per heavy atom. The largest absolute Gasteiger partial charge is 0.308 e. The number of fused-ring (bicyclic) bond motifs is 7. The van der Waals surface area contributed by atoms with E-state index in [1.807, 2.05) is 11.3 Å². The normalized spacial score (nSPS) is 14.2. The number of benzene rings is 7. The van der Waals surface area contributed by atoms with Crippen LogP contribution < -0.4 is 4.90 Å². The zero-order valence-electron chi connectivity index (χ0n) is 24.7. The van der Waals surface area contributed by atoms with Gasteiger partial charge in [0, 0.05) is 31.8 Å². The number of nitrogens with zero attached hydrogens (tertiary/aromatic N) is 1. The third-order valence-electron chi connectivity index (χ3n) is 10.1. The lowest BCUT2D eigenvalue weighted by molar-refractivity contribution is 0.853. The summed E-state index contributed by atoms with van der Waals surface area (Å²) in [7, 11) is 0. The Bertz CT molecular complexity index is 2450. The van der Waals surface area contributed by atoms with E-state index in [0.717, 1.165) is 0 Å². The SMILES string of the molecule is c1ccc(-c2ccccc2N(c2ccc3c4c(cccc24)C2(CC2)c2ccccc2-3)c2cccc3c2sc2ccccc23)cc1. The molecule has 1 heterocycles. The highest BCUT2D eigenvalue weighted by molar-refractivity contribution is 7.26. The molecular weight excluding hydrogens is 563 g/mol. The first-order valence-corrected chi connectivity index (χ1v) is 16.6. The Kier molecular flexibility index (Phi) is 5.26. The molecule has 1 fully saturated rings. The number of rotatable bonds is 4. The second kappa shape index (κ2) is 9.41. The molecule has 2 heteroatoms. The topological polar surface area (TPSA) is 3.24 Å². The van der Waals surface area contributed by atoms with Gasteiger partial charge >= 0.3 is 0 Å². The summed E-state index contributed by atoms with van der Waals surface area (Å²) < 4.78 is 2.63. The van der Waals surface area contributed by atoms with Crippen LogP contribution in [0.1, 0.15) is 24.0 Å². The van der Waals surface area contributed by atoms with Gasteiger partial charge in [0.05, 0.1) is 21.8 Å². The fourth-order valence-electron chi connectivity index (χ4n) is 7.98. The Hall–Kier alpha value is -5.18. The molecule has 1 saturated carbocycles. The van der Waals surface area contributed by atoms with Crippen LogP contribution in [0.5, 0.6) is 0 Å². The van der Waals surface area contributed by atoms with Gasteiger partial charge in [-0.05, 0) is 70.3 Å². The molecule has 0 bridgehead atoms. The summed E-state index contributed by atoms with van der Waals surface area (Å²) in [6.07, 6.45) is 2.43. The summed E-state index contributed by atoms with van der Waals surface area (Å²) in [6, 6.07) is 56.3. The molecule has 0 saturated heterocycles. The van der Waals surface area contributed by atoms with Crippen LogP contribution in [0.25, 0.3) is 53.2 Å². The zero-order chi connectivity index (χ0) is 29.5. The lowest BCUT2D eigenvalue weighted by atomic mass is 9.74. The minimum atomic E-state index is 0.139. The predicted molar refractivity (Wildman–Crippen MR) is 192 cm³/mol. The first-order valence-electron chi connectivity index (χ1n) is 15.8. The number of para-hydroxylation sites is 1. The van der Waals surface area contributed by atoms with Crippen molar-refractivity contribution in [2.24, 2.45) is 0 Å². The van der Waals surface area contributed by atoms with E-state index in [1.165, 1.54) is 94.2 Å². The molecule has 0 radical (unpaired) electrons. The van der Waals surface area contributed by atoms with Crippen molar-refractivity contribution in [3.05, 3.63) is 163 Å². The second-order valence-electron chi connectivity index (χ2n) is 12.5. The van der Waals surface area contributed by atoms with Gasteiger partial charge in [0.25, 0.3) is 0 Å². The summed E-state index contributed by atoms with van der Waals surface area (Å²) >= 11 is 1.89. The third kappa shape index (κ3) is 3.55. The molecule has 7 aromatic carbocycles. The second-order valence-corrected chi connectivity index (χ2v) is 13.5. The summed E-state index contributed by atoms with van der Waals surface area (Å²) in [5.74, 6) is 0. The van der Waals surface area contributed by atoms with E-state index >= 15 is 0 Å². The van der Waals surface area contributed by atoms with Gasteiger partial charge in [-0.2, -0.15) is 0 Å². The van der Waals surface area contributed by atoms with E-state index in [2.05, 4.69) is 157 Å². The Balaban J connectivity index is 1.32. The lowest BCUT2D eigenvalue weighted by Crippen LogP contribution is -2.17. The van der Waals surface area contributed by atoms with Crippen LogP contribution in [0.3, 0.4) is 0 Å². The van der Waals surface area contributed by atoms with Crippen molar-refractivity contribution in [3.63, 3.8) is 0 Å². The zero-order valence-corrected chi connectivity index (χ0v) is 25.5. The van der Waals surface area contributed by atoms with E-state index < -0.39 is 0 Å². The maximum atomic E-state index is 2.54. The fraction of sp³-hybridized carbons (Fsp3) is 0.0698. The number of thiophene rings is 1. The molecule has 10 rings (SSSR count). The molecule has 2 aliphatic rings. The van der Waals surface area contributed by atoms with Crippen molar-refractivity contribution < 1.29 is 0 Å². The van der Waals surface area contributed by atoms with E-state index in [0.29, 0.717) is 0 Å². The first-order chi connectivity index (χ1) is 22.3. The minimum absolute atomic E-state index is 0.139. The molecule has 1 spiro atoms. The van der Waals surface area contributed by atoms with Crippen molar-refractivity contribution in [1.82, 2.24) is 0 Å². The number of hydrogen-bond acceptors (Lipinski definition) is 2. The highest BCUT2D eigenvalue weighted by Gasteiger charge is 2.50. The van der Waals surface area contributed by atoms with Crippen LogP contribution in [0, 0.1) is 0 Å². The molecule has 0 N–H and O–H groups in total. The maximum absolute atomic E-state index is 2.54. The van der Waals surface area contributed by atoms with Crippen LogP contribution in [0.4, 0.5) is 17.1 Å². The third-order valence-corrected chi connectivity index (χ3v) is 11.3. The first kappa shape index (κ1) is 25.2. The van der Waals surface area contributed by atoms with Gasteiger partial charge in [-0.25, -0.2) is 0 Å². The Morgan fingerprint density at radius 3 is 2.00 bits per heavy atom. The van der Waals surface area contributed by atoms with Crippen LogP contribution in [0.15, 0.2) is 152 Å². The molecule has 2 aliphatic carbocycles. The van der Waals surface area contributed by atoms with Crippen molar-refractivity contribution in [2.45, 2.75) is 18.3 Å². The summed E-state index contributed by atoms with van der Waals surface area (Å²) in [5, 5.41) is 5.35. The standard InChI is InChI=1S/C43H29NS/c1-2-12-28(13-3-1)29-14-5-8-21-37(29)44(39-22-11-17-33-31-16-6-9-23-40(31)45-42(33)39)38-25-24-32-30-15-4-7-19-35(30)43(26-27-43)36-20-10-18-34(38)41(32)36/h1-25H,26-27H2. The van der Waals surface area contributed by atoms with Gasteiger partial charge in [0.1, 0.15) is 0 Å². The molecular formula is C43H29NS. The van der Waals surface area contributed by atoms with Crippen molar-refractivity contribution >= 4 is 59.3 Å². The monoisotopic (exact) mass is 591 g/mol. The highest BCUT2D eigenvalue weighted by Crippen LogP contribution is 2.62. The van der Waals surface area contributed by atoms with Gasteiger partial charge in [0.15, 0.2) is 0 Å². The van der Waals surface area contributed by atoms with Crippen molar-refractivity contribution in [2.75, 3.05) is 4.90 Å². The molecule has 0 atom stereocenters. The van der Waals surface area contributed by atoms with E-state index in [4.69, 9.17) is 0 Å². The molecule has 0 unspecified atom stereocenters. The van der Waals surface area contributed by atoms with E-state index in [1.54, 1.807) is 0 Å². The van der Waals surface area contributed by atoms with Gasteiger partial charge < -0.3 is 4.90 Å². The van der Waals surface area contributed by atoms with Gasteiger partial charge in [-0.15, -0.1) is 11.3 Å². The van der Waals surface area contributed by atoms with Crippen LogP contribution in [-0.4, -0.2) is 0 Å². The minimum Gasteiger partial charge on any atom is -0.308 e. The van der Waals surface area contributed by atoms with Crippen LogP contribution >= 0.6 is 11.3 Å². The van der Waals surface area contributed by atoms with Gasteiger partial charge in [0.2, 0.25) is 0 Å². The van der Waals surface area contributed by atoms with Crippen molar-refractivity contribution in [3.8, 4) is 22.3 Å². The smallest absolute Gasteiger partial charge is 0.0640 e. The van der Waals surface area contributed by atoms with Gasteiger partial charge in [-0.3, -0.25) is 0 Å². The number of hydrogen-bond donors (Lipinski definition) is 0. The molecule has 1 nitrogen and oxygen atoms in total. The van der Waals surface area contributed by atoms with Gasteiger partial charge in [-0.1, -0.05) is 127 Å². The fourth-order valence-corrected chi connectivity index (χ4v) is 9.19. The molecule has 212 valence electrons. The number of anilines is 3. The summed E-state index contributed by atoms with van der Waals surface area (Å²) in [6.45, 7) is 0. The van der Waals surface area contributed by atoms with E-state index in [9.17, 15) is 0 Å². The van der Waals surface area contributed by atoms with E-state index in [-0.39, 0.29) is 5.41 Å². The average molecular weight is 592 g/mol. The highest BCUT2D eigenvalue weighted by atomic mass is 32.1. The lowest BCUT2D eigenvalue weighted by Gasteiger charge is -2.33.